The van der Waals surface area contributed by atoms with Crippen LogP contribution in [0.3, 0.4) is 0 Å². The maximum absolute atomic E-state index is 5.58. The zero-order chi connectivity index (χ0) is 12.5. The number of aryl methyl sites for hydroxylation is 1. The highest BCUT2D eigenvalue weighted by molar-refractivity contribution is 7.13. The molecule has 0 bridgehead atoms. The normalized spacial score (nSPS) is 10.8. The number of nitrogens with two attached hydrogens (primary N) is 1. The molecule has 0 spiro atoms. The Labute approximate surface area is 109 Å². The highest BCUT2D eigenvalue weighted by atomic mass is 32.1. The van der Waals surface area contributed by atoms with E-state index in [-0.39, 0.29) is 0 Å². The molecule has 2 aromatic heterocycles. The number of nitrogens with one attached hydrogen (secondary N) is 1. The van der Waals surface area contributed by atoms with Gasteiger partial charge in [0.1, 0.15) is 5.82 Å². The lowest BCUT2D eigenvalue weighted by atomic mass is 10.1. The third kappa shape index (κ3) is 1.85. The molecule has 0 aliphatic carbocycles. The van der Waals surface area contributed by atoms with Crippen molar-refractivity contribution in [3.05, 3.63) is 47.3 Å². The van der Waals surface area contributed by atoms with Gasteiger partial charge in [-0.15, -0.1) is 11.3 Å². The third-order valence-corrected chi connectivity index (χ3v) is 3.80. The van der Waals surface area contributed by atoms with E-state index in [9.17, 15) is 0 Å². The average molecular weight is 255 g/mol. The summed E-state index contributed by atoms with van der Waals surface area (Å²) >= 11 is 1.68. The van der Waals surface area contributed by atoms with Crippen molar-refractivity contribution in [1.82, 2.24) is 4.98 Å². The molecular formula is C14H13N3S. The van der Waals surface area contributed by atoms with Gasteiger partial charge in [-0.2, -0.15) is 0 Å². The summed E-state index contributed by atoms with van der Waals surface area (Å²) in [5.74, 6) is 6.30. The molecule has 0 aliphatic rings. The topological polar surface area (TPSA) is 50.9 Å². The second-order valence-electron chi connectivity index (χ2n) is 4.20. The number of fused-ring (bicyclic) bond motifs is 1. The van der Waals surface area contributed by atoms with E-state index in [2.05, 4.69) is 53.0 Å². The Morgan fingerprint density at radius 2 is 2.11 bits per heavy atom. The van der Waals surface area contributed by atoms with Gasteiger partial charge in [0.2, 0.25) is 0 Å². The van der Waals surface area contributed by atoms with Gasteiger partial charge in [0.05, 0.1) is 5.52 Å². The van der Waals surface area contributed by atoms with Gasteiger partial charge in [0, 0.05) is 15.8 Å². The maximum atomic E-state index is 5.58. The number of rotatable bonds is 2. The molecule has 18 heavy (non-hydrogen) atoms. The van der Waals surface area contributed by atoms with Crippen LogP contribution in [0.5, 0.6) is 0 Å². The number of aromatic nitrogens is 1. The molecule has 4 heteroatoms. The van der Waals surface area contributed by atoms with Crippen molar-refractivity contribution >= 4 is 28.1 Å². The van der Waals surface area contributed by atoms with Gasteiger partial charge < -0.3 is 5.43 Å². The van der Waals surface area contributed by atoms with E-state index in [1.807, 2.05) is 6.07 Å². The number of anilines is 1. The summed E-state index contributed by atoms with van der Waals surface area (Å²) in [6, 6.07) is 12.5. The van der Waals surface area contributed by atoms with E-state index in [1.165, 1.54) is 5.56 Å². The van der Waals surface area contributed by atoms with Crippen LogP contribution in [0.25, 0.3) is 21.3 Å². The van der Waals surface area contributed by atoms with Gasteiger partial charge in [0.15, 0.2) is 0 Å². The molecule has 90 valence electrons. The first-order valence-corrected chi connectivity index (χ1v) is 6.58. The zero-order valence-corrected chi connectivity index (χ0v) is 10.8. The number of benzene rings is 1. The minimum Gasteiger partial charge on any atom is -0.308 e. The van der Waals surface area contributed by atoms with Crippen molar-refractivity contribution in [2.45, 2.75) is 6.92 Å². The van der Waals surface area contributed by atoms with Crippen molar-refractivity contribution in [2.24, 2.45) is 5.84 Å². The Balaban J connectivity index is 2.28. The summed E-state index contributed by atoms with van der Waals surface area (Å²) in [6.45, 7) is 2.06. The summed E-state index contributed by atoms with van der Waals surface area (Å²) in [4.78, 5) is 5.75. The van der Waals surface area contributed by atoms with Crippen molar-refractivity contribution in [2.75, 3.05) is 5.43 Å². The van der Waals surface area contributed by atoms with E-state index in [0.29, 0.717) is 0 Å². The number of nitrogens with zero attached hydrogens (tertiary/aromatic N) is 1. The molecular weight excluding hydrogens is 242 g/mol. The summed E-state index contributed by atoms with van der Waals surface area (Å²) in [5.41, 5.74) is 5.89. The van der Waals surface area contributed by atoms with Crippen LogP contribution in [0.1, 0.15) is 5.56 Å². The molecule has 0 aliphatic heterocycles. The number of hydrogen-bond acceptors (Lipinski definition) is 4. The molecule has 0 fully saturated rings. The Kier molecular flexibility index (Phi) is 2.74. The molecule has 0 atom stereocenters. The van der Waals surface area contributed by atoms with Gasteiger partial charge in [-0.3, -0.25) is 0 Å². The largest absolute Gasteiger partial charge is 0.308 e. The fourth-order valence-corrected chi connectivity index (χ4v) is 2.75. The van der Waals surface area contributed by atoms with Crippen LogP contribution in [0, 0.1) is 6.92 Å². The molecule has 0 amide bonds. The Morgan fingerprint density at radius 1 is 1.22 bits per heavy atom. The molecule has 2 heterocycles. The van der Waals surface area contributed by atoms with E-state index in [0.717, 1.165) is 27.2 Å². The summed E-state index contributed by atoms with van der Waals surface area (Å²) in [5, 5.41) is 3.18. The monoisotopic (exact) mass is 255 g/mol. The molecule has 0 radical (unpaired) electrons. The van der Waals surface area contributed by atoms with E-state index in [4.69, 9.17) is 5.84 Å². The van der Waals surface area contributed by atoms with Crippen molar-refractivity contribution in [1.29, 1.82) is 0 Å². The van der Waals surface area contributed by atoms with Crippen molar-refractivity contribution < 1.29 is 0 Å². The van der Waals surface area contributed by atoms with E-state index >= 15 is 0 Å². The lowest BCUT2D eigenvalue weighted by Crippen LogP contribution is -2.09. The van der Waals surface area contributed by atoms with Gasteiger partial charge in [0.25, 0.3) is 0 Å². The number of pyridine rings is 1. The number of hydrogen-bond donors (Lipinski definition) is 2. The lowest BCUT2D eigenvalue weighted by Gasteiger charge is -2.09. The summed E-state index contributed by atoms with van der Waals surface area (Å²) in [7, 11) is 0. The number of hydrazine groups is 1. The molecule has 3 aromatic rings. The van der Waals surface area contributed by atoms with Gasteiger partial charge >= 0.3 is 0 Å². The van der Waals surface area contributed by atoms with Gasteiger partial charge in [-0.05, 0) is 36.1 Å². The van der Waals surface area contributed by atoms with Crippen LogP contribution in [-0.2, 0) is 0 Å². The van der Waals surface area contributed by atoms with Crippen LogP contribution >= 0.6 is 11.3 Å². The van der Waals surface area contributed by atoms with E-state index in [1.54, 1.807) is 11.3 Å². The Hall–Kier alpha value is -1.91. The zero-order valence-electron chi connectivity index (χ0n) is 9.97. The van der Waals surface area contributed by atoms with Crippen molar-refractivity contribution in [3.8, 4) is 10.4 Å². The predicted octanol–water partition coefficient (Wildman–Crippen LogP) is 3.56. The number of thiophene rings is 1. The predicted molar refractivity (Wildman–Crippen MR) is 77.6 cm³/mol. The molecule has 0 saturated heterocycles. The highest BCUT2D eigenvalue weighted by Crippen LogP contribution is 2.32. The second kappa shape index (κ2) is 4.40. The second-order valence-corrected chi connectivity index (χ2v) is 5.15. The summed E-state index contributed by atoms with van der Waals surface area (Å²) < 4.78 is 0. The smallest absolute Gasteiger partial charge is 0.149 e. The molecule has 3 rings (SSSR count). The Morgan fingerprint density at radius 3 is 2.83 bits per heavy atom. The van der Waals surface area contributed by atoms with Gasteiger partial charge in [-0.1, -0.05) is 18.2 Å². The van der Waals surface area contributed by atoms with Crippen LogP contribution < -0.4 is 11.3 Å². The fourth-order valence-electron chi connectivity index (χ4n) is 2.01. The van der Waals surface area contributed by atoms with E-state index < -0.39 is 0 Å². The SMILES string of the molecule is Cc1ccc2cc(-c3cccs3)c(NN)nc2c1. The first-order valence-electron chi connectivity index (χ1n) is 5.70. The Bertz CT molecular complexity index is 690. The lowest BCUT2D eigenvalue weighted by molar-refractivity contribution is 1.26. The van der Waals surface area contributed by atoms with Crippen LogP contribution in [0.2, 0.25) is 0 Å². The van der Waals surface area contributed by atoms with Crippen molar-refractivity contribution in [3.63, 3.8) is 0 Å². The number of nitrogen functional groups attached to an aromatic ring is 1. The molecule has 0 unspecified atom stereocenters. The standard InChI is InChI=1S/C14H13N3S/c1-9-4-5-10-8-11(13-3-2-6-18-13)14(17-15)16-12(10)7-9/h2-8H,15H2,1H3,(H,16,17). The highest BCUT2D eigenvalue weighted by Gasteiger charge is 2.09. The quantitative estimate of drug-likeness (QED) is 0.544. The molecule has 3 N–H and O–H groups in total. The fraction of sp³-hybridized carbons (Fsp3) is 0.0714. The summed E-state index contributed by atoms with van der Waals surface area (Å²) in [6.07, 6.45) is 0. The molecule has 1 aromatic carbocycles. The van der Waals surface area contributed by atoms with Gasteiger partial charge in [-0.25, -0.2) is 10.8 Å². The van der Waals surface area contributed by atoms with Crippen LogP contribution in [0.15, 0.2) is 41.8 Å². The molecule has 0 saturated carbocycles. The first-order chi connectivity index (χ1) is 8.78. The minimum atomic E-state index is 0.718. The van der Waals surface area contributed by atoms with Crippen LogP contribution in [-0.4, -0.2) is 4.98 Å². The third-order valence-electron chi connectivity index (χ3n) is 2.90. The minimum absolute atomic E-state index is 0.718. The maximum Gasteiger partial charge on any atom is 0.149 e. The molecule has 3 nitrogen and oxygen atoms in total. The average Bonchev–Trinajstić information content (AvgIpc) is 2.90. The first kappa shape index (κ1) is 11.2. The van der Waals surface area contributed by atoms with Crippen LogP contribution in [0.4, 0.5) is 5.82 Å².